The largest absolute Gasteiger partial charge is 0.496 e. The highest BCUT2D eigenvalue weighted by molar-refractivity contribution is 6.30. The summed E-state index contributed by atoms with van der Waals surface area (Å²) < 4.78 is 10.7. The Balaban J connectivity index is 1.95. The van der Waals surface area contributed by atoms with Crippen LogP contribution in [0.5, 0.6) is 5.75 Å². The summed E-state index contributed by atoms with van der Waals surface area (Å²) in [5.74, 6) is 0.919. The summed E-state index contributed by atoms with van der Waals surface area (Å²) in [6, 6.07) is 5.77. The highest BCUT2D eigenvalue weighted by Gasteiger charge is 2.11. The fraction of sp³-hybridized carbons (Fsp3) is 0.538. The Kier molecular flexibility index (Phi) is 4.66. The summed E-state index contributed by atoms with van der Waals surface area (Å²) in [7, 11) is 1.70. The molecule has 0 unspecified atom stereocenters. The Hall–Kier alpha value is -0.770. The molecule has 1 heterocycles. The summed E-state index contributed by atoms with van der Waals surface area (Å²) in [4.78, 5) is 2.41. The van der Waals surface area contributed by atoms with E-state index in [-0.39, 0.29) is 0 Å². The highest BCUT2D eigenvalue weighted by Crippen LogP contribution is 2.23. The van der Waals surface area contributed by atoms with Crippen LogP contribution in [0, 0.1) is 0 Å². The molecule has 0 aliphatic carbocycles. The lowest BCUT2D eigenvalue weighted by atomic mass is 10.1. The van der Waals surface area contributed by atoms with E-state index in [9.17, 15) is 0 Å². The molecule has 0 saturated carbocycles. The van der Waals surface area contributed by atoms with Crippen molar-refractivity contribution in [3.05, 3.63) is 28.8 Å². The van der Waals surface area contributed by atoms with Gasteiger partial charge in [-0.15, -0.1) is 0 Å². The van der Waals surface area contributed by atoms with Gasteiger partial charge in [-0.2, -0.15) is 0 Å². The number of hydrogen-bond donors (Lipinski definition) is 0. The second-order valence-corrected chi connectivity index (χ2v) is 4.60. The van der Waals surface area contributed by atoms with Crippen molar-refractivity contribution >= 4 is 11.6 Å². The van der Waals surface area contributed by atoms with Gasteiger partial charge < -0.3 is 9.47 Å². The molecule has 3 nitrogen and oxygen atoms in total. The predicted molar refractivity (Wildman–Crippen MR) is 69.0 cm³/mol. The van der Waals surface area contributed by atoms with E-state index < -0.39 is 0 Å². The molecule has 1 aromatic rings. The van der Waals surface area contributed by atoms with Crippen molar-refractivity contribution in [2.45, 2.75) is 6.42 Å². The number of benzene rings is 1. The van der Waals surface area contributed by atoms with E-state index in [1.54, 1.807) is 7.11 Å². The van der Waals surface area contributed by atoms with Gasteiger partial charge in [0.15, 0.2) is 0 Å². The maximum absolute atomic E-state index is 6.01. The van der Waals surface area contributed by atoms with E-state index in [1.165, 1.54) is 5.56 Å². The van der Waals surface area contributed by atoms with Gasteiger partial charge in [0.2, 0.25) is 0 Å². The third kappa shape index (κ3) is 3.60. The standard InChI is InChI=1S/C13H18ClNO2/c1-16-13-3-2-12(14)10-11(13)4-5-15-6-8-17-9-7-15/h2-3,10H,4-9H2,1H3. The predicted octanol–water partition coefficient (Wildman–Crippen LogP) is 2.22. The van der Waals surface area contributed by atoms with Crippen LogP contribution in [-0.4, -0.2) is 44.9 Å². The molecule has 0 spiro atoms. The minimum atomic E-state index is 0.766. The van der Waals surface area contributed by atoms with E-state index >= 15 is 0 Å². The highest BCUT2D eigenvalue weighted by atomic mass is 35.5. The fourth-order valence-corrected chi connectivity index (χ4v) is 2.24. The van der Waals surface area contributed by atoms with Gasteiger partial charge in [0, 0.05) is 24.7 Å². The van der Waals surface area contributed by atoms with Gasteiger partial charge in [0.25, 0.3) is 0 Å². The van der Waals surface area contributed by atoms with Gasteiger partial charge in [-0.1, -0.05) is 11.6 Å². The first-order valence-corrected chi connectivity index (χ1v) is 6.30. The SMILES string of the molecule is COc1ccc(Cl)cc1CCN1CCOCC1. The van der Waals surface area contributed by atoms with Crippen LogP contribution in [0.25, 0.3) is 0 Å². The summed E-state index contributed by atoms with van der Waals surface area (Å²) >= 11 is 6.01. The molecule has 1 saturated heterocycles. The van der Waals surface area contributed by atoms with Crippen LogP contribution in [0.4, 0.5) is 0 Å². The zero-order valence-corrected chi connectivity index (χ0v) is 10.9. The van der Waals surface area contributed by atoms with Crippen molar-refractivity contribution in [1.29, 1.82) is 0 Å². The van der Waals surface area contributed by atoms with Crippen LogP contribution in [0.2, 0.25) is 5.02 Å². The first-order chi connectivity index (χ1) is 8.29. The van der Waals surface area contributed by atoms with Crippen LogP contribution in [0.3, 0.4) is 0 Å². The first kappa shape index (κ1) is 12.7. The van der Waals surface area contributed by atoms with Crippen molar-refractivity contribution in [3.8, 4) is 5.75 Å². The number of nitrogens with zero attached hydrogens (tertiary/aromatic N) is 1. The Morgan fingerprint density at radius 2 is 2.12 bits per heavy atom. The van der Waals surface area contributed by atoms with E-state index in [1.807, 2.05) is 18.2 Å². The maximum atomic E-state index is 6.01. The van der Waals surface area contributed by atoms with Crippen LogP contribution >= 0.6 is 11.6 Å². The van der Waals surface area contributed by atoms with Gasteiger partial charge in [-0.05, 0) is 30.2 Å². The molecule has 0 N–H and O–H groups in total. The van der Waals surface area contributed by atoms with Crippen molar-refractivity contribution in [1.82, 2.24) is 4.90 Å². The number of hydrogen-bond acceptors (Lipinski definition) is 3. The lowest BCUT2D eigenvalue weighted by Crippen LogP contribution is -2.37. The molecule has 1 aliphatic rings. The molecule has 1 aromatic carbocycles. The minimum absolute atomic E-state index is 0.766. The zero-order chi connectivity index (χ0) is 12.1. The van der Waals surface area contributed by atoms with Gasteiger partial charge in [-0.25, -0.2) is 0 Å². The van der Waals surface area contributed by atoms with Gasteiger partial charge in [-0.3, -0.25) is 4.90 Å². The van der Waals surface area contributed by atoms with E-state index in [0.717, 1.165) is 50.0 Å². The topological polar surface area (TPSA) is 21.7 Å². The summed E-state index contributed by atoms with van der Waals surface area (Å²) in [5, 5.41) is 0.766. The molecule has 0 amide bonds. The van der Waals surface area contributed by atoms with Crippen molar-refractivity contribution < 1.29 is 9.47 Å². The Bertz CT molecular complexity index is 364. The second-order valence-electron chi connectivity index (χ2n) is 4.16. The van der Waals surface area contributed by atoms with Crippen LogP contribution in [-0.2, 0) is 11.2 Å². The Labute approximate surface area is 107 Å². The van der Waals surface area contributed by atoms with Crippen molar-refractivity contribution in [2.24, 2.45) is 0 Å². The van der Waals surface area contributed by atoms with Gasteiger partial charge in [0.05, 0.1) is 20.3 Å². The molecule has 0 bridgehead atoms. The third-order valence-corrected chi connectivity index (χ3v) is 3.28. The molecule has 2 rings (SSSR count). The molecule has 1 fully saturated rings. The lowest BCUT2D eigenvalue weighted by molar-refractivity contribution is 0.0384. The fourth-order valence-electron chi connectivity index (χ4n) is 2.05. The summed E-state index contributed by atoms with van der Waals surface area (Å²) in [6.07, 6.45) is 0.962. The number of halogens is 1. The number of methoxy groups -OCH3 is 1. The summed E-state index contributed by atoms with van der Waals surface area (Å²) in [6.45, 7) is 4.74. The third-order valence-electron chi connectivity index (χ3n) is 3.04. The van der Waals surface area contributed by atoms with Crippen molar-refractivity contribution in [3.63, 3.8) is 0 Å². The monoisotopic (exact) mass is 255 g/mol. The van der Waals surface area contributed by atoms with Crippen LogP contribution < -0.4 is 4.74 Å². The van der Waals surface area contributed by atoms with E-state index in [2.05, 4.69) is 4.90 Å². The molecule has 94 valence electrons. The molecule has 1 aliphatic heterocycles. The normalized spacial score (nSPS) is 17.1. The molecule has 0 radical (unpaired) electrons. The first-order valence-electron chi connectivity index (χ1n) is 5.92. The van der Waals surface area contributed by atoms with Crippen LogP contribution in [0.1, 0.15) is 5.56 Å². The minimum Gasteiger partial charge on any atom is -0.496 e. The van der Waals surface area contributed by atoms with Gasteiger partial charge in [0.1, 0.15) is 5.75 Å². The number of morpholine rings is 1. The van der Waals surface area contributed by atoms with Crippen molar-refractivity contribution in [2.75, 3.05) is 40.0 Å². The molecule has 4 heteroatoms. The number of rotatable bonds is 4. The van der Waals surface area contributed by atoms with E-state index in [0.29, 0.717) is 0 Å². The number of ether oxygens (including phenoxy) is 2. The van der Waals surface area contributed by atoms with E-state index in [4.69, 9.17) is 21.1 Å². The molecule has 0 atom stereocenters. The molecule has 0 aromatic heterocycles. The molecular formula is C13H18ClNO2. The molecular weight excluding hydrogens is 238 g/mol. The second kappa shape index (κ2) is 6.24. The average Bonchev–Trinajstić information content (AvgIpc) is 2.38. The average molecular weight is 256 g/mol. The zero-order valence-electron chi connectivity index (χ0n) is 10.1. The molecule has 17 heavy (non-hydrogen) atoms. The quantitative estimate of drug-likeness (QED) is 0.824. The van der Waals surface area contributed by atoms with Gasteiger partial charge >= 0.3 is 0 Å². The smallest absolute Gasteiger partial charge is 0.122 e. The maximum Gasteiger partial charge on any atom is 0.122 e. The Morgan fingerprint density at radius 3 is 2.82 bits per heavy atom. The Morgan fingerprint density at radius 1 is 1.35 bits per heavy atom. The summed E-state index contributed by atoms with van der Waals surface area (Å²) in [5.41, 5.74) is 1.17. The lowest BCUT2D eigenvalue weighted by Gasteiger charge is -2.26. The van der Waals surface area contributed by atoms with Crippen LogP contribution in [0.15, 0.2) is 18.2 Å².